The van der Waals surface area contributed by atoms with Crippen LogP contribution in [0, 0.1) is 11.7 Å². The molecule has 1 aliphatic rings. The molecule has 1 fully saturated rings. The van der Waals surface area contributed by atoms with E-state index in [9.17, 15) is 17.6 Å². The average Bonchev–Trinajstić information content (AvgIpc) is 2.37. The summed E-state index contributed by atoms with van der Waals surface area (Å²) in [7, 11) is -3.95. The second-order valence-corrected chi connectivity index (χ2v) is 6.75. The van der Waals surface area contributed by atoms with E-state index in [-0.39, 0.29) is 10.5 Å². The van der Waals surface area contributed by atoms with Crippen molar-refractivity contribution < 1.29 is 17.6 Å². The maximum atomic E-state index is 13.8. The summed E-state index contributed by atoms with van der Waals surface area (Å²) in [6.07, 6.45) is 1.90. The van der Waals surface area contributed by atoms with Crippen LogP contribution in [0.4, 0.5) is 4.39 Å². The van der Waals surface area contributed by atoms with Crippen molar-refractivity contribution in [1.29, 1.82) is 0 Å². The van der Waals surface area contributed by atoms with Crippen LogP contribution in [0.15, 0.2) is 23.1 Å². The first-order valence-corrected chi connectivity index (χ1v) is 7.95. The minimum atomic E-state index is -3.95. The molecule has 20 heavy (non-hydrogen) atoms. The standard InChI is InChI=1S/C13H17FN2O3S/c1-9-3-2-6-16(8-9)13(17)11-7-10(20(15,18)19)4-5-12(11)14/h4-5,7,9H,2-3,6,8H2,1H3,(H2,15,18,19). The van der Waals surface area contributed by atoms with E-state index < -0.39 is 21.7 Å². The van der Waals surface area contributed by atoms with Crippen LogP contribution in [-0.4, -0.2) is 32.3 Å². The lowest BCUT2D eigenvalue weighted by atomic mass is 9.99. The van der Waals surface area contributed by atoms with Gasteiger partial charge in [0, 0.05) is 13.1 Å². The maximum absolute atomic E-state index is 13.8. The number of nitrogens with two attached hydrogens (primary N) is 1. The van der Waals surface area contributed by atoms with Gasteiger partial charge in [0.05, 0.1) is 10.5 Å². The van der Waals surface area contributed by atoms with E-state index in [2.05, 4.69) is 0 Å². The van der Waals surface area contributed by atoms with Gasteiger partial charge in [0.2, 0.25) is 10.0 Å². The number of rotatable bonds is 2. The molecule has 0 aromatic heterocycles. The summed E-state index contributed by atoms with van der Waals surface area (Å²) >= 11 is 0. The molecule has 0 saturated carbocycles. The summed E-state index contributed by atoms with van der Waals surface area (Å²) in [6, 6.07) is 3.02. The Bertz CT molecular complexity index is 631. The number of primary sulfonamides is 1. The Labute approximate surface area is 117 Å². The highest BCUT2D eigenvalue weighted by Gasteiger charge is 2.25. The molecule has 0 spiro atoms. The van der Waals surface area contributed by atoms with E-state index in [4.69, 9.17) is 5.14 Å². The summed E-state index contributed by atoms with van der Waals surface area (Å²) < 4.78 is 36.3. The predicted octanol–water partition coefficient (Wildman–Crippen LogP) is 1.35. The van der Waals surface area contributed by atoms with Crippen LogP contribution in [0.1, 0.15) is 30.1 Å². The lowest BCUT2D eigenvalue weighted by Crippen LogP contribution is -2.39. The number of nitrogens with zero attached hydrogens (tertiary/aromatic N) is 1. The fourth-order valence-corrected chi connectivity index (χ4v) is 2.93. The van der Waals surface area contributed by atoms with Gasteiger partial charge in [0.1, 0.15) is 5.82 Å². The molecule has 5 nitrogen and oxygen atoms in total. The number of hydrogen-bond acceptors (Lipinski definition) is 3. The zero-order valence-corrected chi connectivity index (χ0v) is 12.0. The van der Waals surface area contributed by atoms with Gasteiger partial charge in [0.25, 0.3) is 5.91 Å². The van der Waals surface area contributed by atoms with Gasteiger partial charge in [-0.2, -0.15) is 0 Å². The van der Waals surface area contributed by atoms with Gasteiger partial charge < -0.3 is 4.90 Å². The average molecular weight is 300 g/mol. The van der Waals surface area contributed by atoms with Gasteiger partial charge in [-0.25, -0.2) is 17.9 Å². The summed E-state index contributed by atoms with van der Waals surface area (Å²) in [4.78, 5) is 13.6. The van der Waals surface area contributed by atoms with Crippen LogP contribution in [0.5, 0.6) is 0 Å². The van der Waals surface area contributed by atoms with Crippen LogP contribution >= 0.6 is 0 Å². The van der Waals surface area contributed by atoms with Crippen LogP contribution in [0.3, 0.4) is 0 Å². The summed E-state index contributed by atoms with van der Waals surface area (Å²) in [5, 5.41) is 5.00. The third-order valence-electron chi connectivity index (χ3n) is 3.44. The number of likely N-dealkylation sites (tertiary alicyclic amines) is 1. The zero-order chi connectivity index (χ0) is 14.9. The molecule has 1 atom stereocenters. The van der Waals surface area contributed by atoms with Crippen molar-refractivity contribution in [3.05, 3.63) is 29.6 Å². The third kappa shape index (κ3) is 3.16. The van der Waals surface area contributed by atoms with Crippen LogP contribution < -0.4 is 5.14 Å². The predicted molar refractivity (Wildman–Crippen MR) is 72.1 cm³/mol. The Morgan fingerprint density at radius 3 is 2.75 bits per heavy atom. The molecule has 1 aromatic rings. The number of halogens is 1. The molecule has 110 valence electrons. The minimum absolute atomic E-state index is 0.245. The fraction of sp³-hybridized carbons (Fsp3) is 0.462. The van der Waals surface area contributed by atoms with E-state index in [0.29, 0.717) is 19.0 Å². The molecule has 7 heteroatoms. The van der Waals surface area contributed by atoms with Gasteiger partial charge >= 0.3 is 0 Å². The molecular formula is C13H17FN2O3S. The van der Waals surface area contributed by atoms with E-state index >= 15 is 0 Å². The van der Waals surface area contributed by atoms with E-state index in [0.717, 1.165) is 31.0 Å². The Morgan fingerprint density at radius 2 is 2.15 bits per heavy atom. The lowest BCUT2D eigenvalue weighted by Gasteiger charge is -2.31. The number of piperidine rings is 1. The molecule has 1 heterocycles. The van der Waals surface area contributed by atoms with Crippen molar-refractivity contribution in [1.82, 2.24) is 4.90 Å². The molecule has 2 N–H and O–H groups in total. The largest absolute Gasteiger partial charge is 0.338 e. The fourth-order valence-electron chi connectivity index (χ4n) is 2.39. The maximum Gasteiger partial charge on any atom is 0.256 e. The Hall–Kier alpha value is -1.47. The van der Waals surface area contributed by atoms with Crippen molar-refractivity contribution in [3.63, 3.8) is 0 Å². The van der Waals surface area contributed by atoms with Gasteiger partial charge in [-0.05, 0) is 37.0 Å². The van der Waals surface area contributed by atoms with Crippen LogP contribution in [-0.2, 0) is 10.0 Å². The van der Waals surface area contributed by atoms with Gasteiger partial charge in [-0.1, -0.05) is 6.92 Å². The van der Waals surface area contributed by atoms with E-state index in [1.165, 1.54) is 0 Å². The second-order valence-electron chi connectivity index (χ2n) is 5.19. The van der Waals surface area contributed by atoms with Crippen LogP contribution in [0.2, 0.25) is 0 Å². The number of hydrogen-bond donors (Lipinski definition) is 1. The monoisotopic (exact) mass is 300 g/mol. The first-order chi connectivity index (χ1) is 9.29. The topological polar surface area (TPSA) is 80.5 Å². The highest BCUT2D eigenvalue weighted by molar-refractivity contribution is 7.89. The molecular weight excluding hydrogens is 283 g/mol. The van der Waals surface area contributed by atoms with Crippen molar-refractivity contribution >= 4 is 15.9 Å². The Kier molecular flexibility index (Phi) is 4.10. The minimum Gasteiger partial charge on any atom is -0.338 e. The van der Waals surface area contributed by atoms with Crippen molar-refractivity contribution in [2.45, 2.75) is 24.7 Å². The Balaban J connectivity index is 2.34. The smallest absolute Gasteiger partial charge is 0.256 e. The van der Waals surface area contributed by atoms with E-state index in [1.54, 1.807) is 4.90 Å². The summed E-state index contributed by atoms with van der Waals surface area (Å²) in [6.45, 7) is 3.14. The quantitative estimate of drug-likeness (QED) is 0.895. The van der Waals surface area contributed by atoms with Crippen molar-refractivity contribution in [2.75, 3.05) is 13.1 Å². The first kappa shape index (κ1) is 14.9. The van der Waals surface area contributed by atoms with Gasteiger partial charge in [-0.15, -0.1) is 0 Å². The molecule has 1 saturated heterocycles. The molecule has 0 bridgehead atoms. The highest BCUT2D eigenvalue weighted by Crippen LogP contribution is 2.21. The third-order valence-corrected chi connectivity index (χ3v) is 4.35. The normalized spacial score (nSPS) is 19.9. The molecule has 0 aliphatic carbocycles. The number of amides is 1. The van der Waals surface area contributed by atoms with Gasteiger partial charge in [-0.3, -0.25) is 4.79 Å². The molecule has 1 unspecified atom stereocenters. The number of sulfonamides is 1. The Morgan fingerprint density at radius 1 is 1.45 bits per heavy atom. The van der Waals surface area contributed by atoms with Crippen molar-refractivity contribution in [3.8, 4) is 0 Å². The molecule has 0 radical (unpaired) electrons. The highest BCUT2D eigenvalue weighted by atomic mass is 32.2. The lowest BCUT2D eigenvalue weighted by molar-refractivity contribution is 0.0678. The van der Waals surface area contributed by atoms with E-state index in [1.807, 2.05) is 6.92 Å². The zero-order valence-electron chi connectivity index (χ0n) is 11.2. The molecule has 2 rings (SSSR count). The number of carbonyl (C=O) groups excluding carboxylic acids is 1. The SMILES string of the molecule is CC1CCCN(C(=O)c2cc(S(N)(=O)=O)ccc2F)C1. The summed E-state index contributed by atoms with van der Waals surface area (Å²) in [5.74, 6) is -0.864. The molecule has 1 aliphatic heterocycles. The van der Waals surface area contributed by atoms with Crippen molar-refractivity contribution in [2.24, 2.45) is 11.1 Å². The van der Waals surface area contributed by atoms with Crippen LogP contribution in [0.25, 0.3) is 0 Å². The first-order valence-electron chi connectivity index (χ1n) is 6.40. The second kappa shape index (κ2) is 5.49. The molecule has 1 aromatic carbocycles. The van der Waals surface area contributed by atoms with Gasteiger partial charge in [0.15, 0.2) is 0 Å². The number of carbonyl (C=O) groups is 1. The summed E-state index contributed by atoms with van der Waals surface area (Å²) in [5.41, 5.74) is -0.245. The molecule has 1 amide bonds. The number of benzene rings is 1.